The Hall–Kier alpha value is -4.63. The van der Waals surface area contributed by atoms with Gasteiger partial charge in [0, 0.05) is 34.9 Å². The van der Waals surface area contributed by atoms with E-state index in [9.17, 15) is 19.2 Å². The summed E-state index contributed by atoms with van der Waals surface area (Å²) in [7, 11) is 1.35. The Labute approximate surface area is 235 Å². The largest absolute Gasteiger partial charge is 0.465 e. The van der Waals surface area contributed by atoms with Crippen molar-refractivity contribution in [2.24, 2.45) is 0 Å². The Bertz CT molecular complexity index is 1680. The zero-order valence-corrected chi connectivity index (χ0v) is 23.1. The van der Waals surface area contributed by atoms with E-state index in [-0.39, 0.29) is 11.4 Å². The van der Waals surface area contributed by atoms with Crippen LogP contribution in [-0.4, -0.2) is 46.1 Å². The molecular formula is C31H27N3O5S. The topological polar surface area (TPSA) is 97.7 Å². The molecule has 0 saturated carbocycles. The van der Waals surface area contributed by atoms with Crippen LogP contribution in [0.3, 0.4) is 0 Å². The van der Waals surface area contributed by atoms with Gasteiger partial charge in [-0.05, 0) is 66.6 Å². The Kier molecular flexibility index (Phi) is 7.57. The van der Waals surface area contributed by atoms with E-state index >= 15 is 0 Å². The number of fused-ring (bicyclic) bond motifs is 1. The predicted octanol–water partition coefficient (Wildman–Crippen LogP) is 5.77. The highest BCUT2D eigenvalue weighted by atomic mass is 32.2. The minimum atomic E-state index is -0.505. The number of nitrogens with zero attached hydrogens (tertiary/aromatic N) is 2. The van der Waals surface area contributed by atoms with E-state index in [1.165, 1.54) is 7.11 Å². The summed E-state index contributed by atoms with van der Waals surface area (Å²) in [6.45, 7) is 3.89. The SMILES string of the molecule is COC(=O)c1cccc(Cn2cc(/C=C3\SC(=O)N(CC(=O)Nc4c(C)cccc4C)C3=O)c3ccccc32)c1. The molecule has 0 unspecified atom stereocenters. The van der Waals surface area contributed by atoms with Crippen molar-refractivity contribution in [3.63, 3.8) is 0 Å². The minimum absolute atomic E-state index is 0.250. The first-order chi connectivity index (χ1) is 19.2. The molecule has 5 rings (SSSR count). The van der Waals surface area contributed by atoms with Crippen molar-refractivity contribution in [3.05, 3.63) is 106 Å². The van der Waals surface area contributed by atoms with Gasteiger partial charge in [-0.15, -0.1) is 0 Å². The molecule has 1 aromatic heterocycles. The van der Waals surface area contributed by atoms with Crippen LogP contribution >= 0.6 is 11.8 Å². The van der Waals surface area contributed by atoms with Gasteiger partial charge in [-0.25, -0.2) is 4.79 Å². The summed E-state index contributed by atoms with van der Waals surface area (Å²) in [5.74, 6) is -1.35. The maximum Gasteiger partial charge on any atom is 0.337 e. The van der Waals surface area contributed by atoms with Crippen molar-refractivity contribution < 1.29 is 23.9 Å². The van der Waals surface area contributed by atoms with Crippen molar-refractivity contribution in [1.29, 1.82) is 0 Å². The number of hydrogen-bond donors (Lipinski definition) is 1. The molecule has 1 N–H and O–H groups in total. The average molecular weight is 554 g/mol. The monoisotopic (exact) mass is 553 g/mol. The van der Waals surface area contributed by atoms with E-state index in [4.69, 9.17) is 4.74 Å². The lowest BCUT2D eigenvalue weighted by Gasteiger charge is -2.15. The number of methoxy groups -OCH3 is 1. The van der Waals surface area contributed by atoms with Crippen molar-refractivity contribution >= 4 is 57.5 Å². The van der Waals surface area contributed by atoms with Gasteiger partial charge >= 0.3 is 5.97 Å². The molecule has 0 spiro atoms. The van der Waals surface area contributed by atoms with Crippen molar-refractivity contribution in [2.45, 2.75) is 20.4 Å². The second-order valence-electron chi connectivity index (χ2n) is 9.50. The molecule has 1 aliphatic rings. The summed E-state index contributed by atoms with van der Waals surface area (Å²) in [6.07, 6.45) is 3.61. The minimum Gasteiger partial charge on any atom is -0.465 e. The molecule has 3 aromatic carbocycles. The highest BCUT2D eigenvalue weighted by molar-refractivity contribution is 8.18. The van der Waals surface area contributed by atoms with Crippen LogP contribution in [-0.2, 0) is 20.9 Å². The molecule has 202 valence electrons. The molecule has 8 nitrogen and oxygen atoms in total. The number of aromatic nitrogens is 1. The number of anilines is 1. The Balaban J connectivity index is 1.38. The lowest BCUT2D eigenvalue weighted by atomic mass is 10.1. The fraction of sp³-hybridized carbons (Fsp3) is 0.161. The molecule has 1 fully saturated rings. The molecule has 0 bridgehead atoms. The maximum absolute atomic E-state index is 13.2. The number of nitrogens with one attached hydrogen (secondary N) is 1. The third kappa shape index (κ3) is 5.41. The maximum atomic E-state index is 13.2. The first-order valence-corrected chi connectivity index (χ1v) is 13.4. The number of hydrogen-bond acceptors (Lipinski definition) is 6. The van der Waals surface area contributed by atoms with E-state index in [0.717, 1.165) is 49.8 Å². The van der Waals surface area contributed by atoms with E-state index in [0.29, 0.717) is 17.8 Å². The van der Waals surface area contributed by atoms with Gasteiger partial charge in [0.05, 0.1) is 17.6 Å². The first-order valence-electron chi connectivity index (χ1n) is 12.6. The van der Waals surface area contributed by atoms with E-state index in [1.807, 2.05) is 73.1 Å². The number of carbonyl (C=O) groups excluding carboxylic acids is 4. The van der Waals surface area contributed by atoms with Gasteiger partial charge in [-0.1, -0.05) is 48.5 Å². The van der Waals surface area contributed by atoms with Crippen molar-refractivity contribution in [1.82, 2.24) is 9.47 Å². The molecular weight excluding hydrogens is 526 g/mol. The standard InChI is InChI=1S/C31H27N3O5S/c1-19-8-6-9-20(2)28(19)32-27(35)18-34-29(36)26(40-31(34)38)15-23-17-33(25-13-5-4-12-24(23)25)16-21-10-7-11-22(14-21)30(37)39-3/h4-15,17H,16,18H2,1-3H3,(H,32,35)/b26-15-. The number of thioether (sulfide) groups is 1. The number of carbonyl (C=O) groups is 4. The zero-order chi connectivity index (χ0) is 28.4. The second-order valence-corrected chi connectivity index (χ2v) is 10.5. The van der Waals surface area contributed by atoms with Crippen LogP contribution in [0.2, 0.25) is 0 Å². The Morgan fingerprint density at radius 1 is 0.975 bits per heavy atom. The number of esters is 1. The molecule has 1 saturated heterocycles. The van der Waals surface area contributed by atoms with Crippen molar-refractivity contribution in [2.75, 3.05) is 19.0 Å². The fourth-order valence-corrected chi connectivity index (χ4v) is 5.57. The molecule has 40 heavy (non-hydrogen) atoms. The molecule has 0 radical (unpaired) electrons. The second kappa shape index (κ2) is 11.2. The lowest BCUT2D eigenvalue weighted by Crippen LogP contribution is -2.36. The van der Waals surface area contributed by atoms with Gasteiger partial charge in [0.25, 0.3) is 11.1 Å². The summed E-state index contributed by atoms with van der Waals surface area (Å²) >= 11 is 0.819. The first kappa shape index (κ1) is 27.0. The molecule has 0 atom stereocenters. The highest BCUT2D eigenvalue weighted by Crippen LogP contribution is 2.34. The summed E-state index contributed by atoms with van der Waals surface area (Å²) < 4.78 is 6.86. The number of aryl methyl sites for hydroxylation is 2. The summed E-state index contributed by atoms with van der Waals surface area (Å²) in [4.78, 5) is 51.9. The molecule has 0 aliphatic carbocycles. The van der Waals surface area contributed by atoms with E-state index in [2.05, 4.69) is 5.32 Å². The number of para-hydroxylation sites is 2. The number of imide groups is 1. The van der Waals surface area contributed by atoms with E-state index < -0.39 is 23.0 Å². The molecule has 3 amide bonds. The van der Waals surface area contributed by atoms with Gasteiger partial charge in [0.2, 0.25) is 5.91 Å². The van der Waals surface area contributed by atoms with Crippen LogP contribution in [0, 0.1) is 13.8 Å². The molecule has 2 heterocycles. The third-order valence-corrected chi connectivity index (χ3v) is 7.64. The predicted molar refractivity (Wildman–Crippen MR) is 156 cm³/mol. The summed E-state index contributed by atoms with van der Waals surface area (Å²) in [5, 5.41) is 3.25. The number of ether oxygens (including phenoxy) is 1. The van der Waals surface area contributed by atoms with Crippen LogP contribution < -0.4 is 5.32 Å². The highest BCUT2D eigenvalue weighted by Gasteiger charge is 2.36. The van der Waals surface area contributed by atoms with Gasteiger partial charge in [0.15, 0.2) is 0 Å². The number of rotatable bonds is 7. The molecule has 9 heteroatoms. The molecule has 1 aliphatic heterocycles. The van der Waals surface area contributed by atoms with Crippen molar-refractivity contribution in [3.8, 4) is 0 Å². The fourth-order valence-electron chi connectivity index (χ4n) is 4.74. The van der Waals surface area contributed by atoms with Crippen LogP contribution in [0.5, 0.6) is 0 Å². The van der Waals surface area contributed by atoms with Crippen LogP contribution in [0.15, 0.2) is 77.8 Å². The zero-order valence-electron chi connectivity index (χ0n) is 22.3. The quantitative estimate of drug-likeness (QED) is 0.231. The van der Waals surface area contributed by atoms with Gasteiger partial charge in [0.1, 0.15) is 6.54 Å². The number of benzene rings is 3. The van der Waals surface area contributed by atoms with Crippen LogP contribution in [0.4, 0.5) is 10.5 Å². The van der Waals surface area contributed by atoms with Gasteiger partial charge in [-0.2, -0.15) is 0 Å². The van der Waals surface area contributed by atoms with Gasteiger partial charge < -0.3 is 14.6 Å². The van der Waals surface area contributed by atoms with E-state index in [1.54, 1.807) is 24.3 Å². The summed E-state index contributed by atoms with van der Waals surface area (Å²) in [5.41, 5.74) is 5.55. The Morgan fingerprint density at radius 2 is 1.70 bits per heavy atom. The normalized spacial score (nSPS) is 14.3. The average Bonchev–Trinajstić information content (AvgIpc) is 3.42. The van der Waals surface area contributed by atoms with Gasteiger partial charge in [-0.3, -0.25) is 19.3 Å². The third-order valence-electron chi connectivity index (χ3n) is 6.73. The smallest absolute Gasteiger partial charge is 0.337 e. The van der Waals surface area contributed by atoms with Crippen LogP contribution in [0.25, 0.3) is 17.0 Å². The Morgan fingerprint density at radius 3 is 2.45 bits per heavy atom. The van der Waals surface area contributed by atoms with Crippen LogP contribution in [0.1, 0.15) is 32.6 Å². The number of amides is 3. The lowest BCUT2D eigenvalue weighted by molar-refractivity contribution is -0.127. The molecule has 4 aromatic rings. The summed E-state index contributed by atoms with van der Waals surface area (Å²) in [6, 6.07) is 20.7.